The first kappa shape index (κ1) is 14.4. The van der Waals surface area contributed by atoms with E-state index in [1.165, 1.54) is 32.1 Å². The van der Waals surface area contributed by atoms with Gasteiger partial charge in [-0.2, -0.15) is 0 Å². The van der Waals surface area contributed by atoms with Gasteiger partial charge in [0.2, 0.25) is 0 Å². The lowest BCUT2D eigenvalue weighted by Crippen LogP contribution is -2.35. The largest absolute Gasteiger partial charge is 0.103 e. The van der Waals surface area contributed by atoms with Crippen molar-refractivity contribution in [2.45, 2.75) is 59.8 Å². The molecular formula is C20H32. The van der Waals surface area contributed by atoms with E-state index in [-0.39, 0.29) is 0 Å². The van der Waals surface area contributed by atoms with Crippen LogP contribution in [0.1, 0.15) is 59.8 Å². The van der Waals surface area contributed by atoms with Gasteiger partial charge in [0, 0.05) is 0 Å². The molecule has 0 heteroatoms. The van der Waals surface area contributed by atoms with Crippen LogP contribution in [-0.4, -0.2) is 0 Å². The number of rotatable bonds is 2. The summed E-state index contributed by atoms with van der Waals surface area (Å²) >= 11 is 0. The molecule has 0 aliphatic heterocycles. The molecule has 2 saturated carbocycles. The van der Waals surface area contributed by atoms with Gasteiger partial charge in [-0.1, -0.05) is 38.5 Å². The van der Waals surface area contributed by atoms with Crippen LogP contribution in [0.25, 0.3) is 0 Å². The molecule has 0 unspecified atom stereocenters. The maximum atomic E-state index is 4.12. The van der Waals surface area contributed by atoms with Crippen molar-refractivity contribution in [2.24, 2.45) is 40.9 Å². The molecular weight excluding hydrogens is 240 g/mol. The van der Waals surface area contributed by atoms with Crippen LogP contribution in [0.2, 0.25) is 0 Å². The molecule has 6 atom stereocenters. The van der Waals surface area contributed by atoms with Crippen molar-refractivity contribution in [3.05, 3.63) is 24.3 Å². The fourth-order valence-corrected chi connectivity index (χ4v) is 6.06. The summed E-state index contributed by atoms with van der Waals surface area (Å²) in [5.41, 5.74) is 2.23. The molecule has 112 valence electrons. The third-order valence-electron chi connectivity index (χ3n) is 7.14. The van der Waals surface area contributed by atoms with Crippen molar-refractivity contribution in [3.8, 4) is 0 Å². The van der Waals surface area contributed by atoms with E-state index in [2.05, 4.69) is 46.4 Å². The molecule has 0 amide bonds. The summed E-state index contributed by atoms with van der Waals surface area (Å²) in [6.45, 7) is 14.0. The Morgan fingerprint density at radius 2 is 2.05 bits per heavy atom. The second-order valence-electron chi connectivity index (χ2n) is 8.44. The summed E-state index contributed by atoms with van der Waals surface area (Å²) in [5.74, 6) is 5.17. The first-order valence-electron chi connectivity index (χ1n) is 8.77. The van der Waals surface area contributed by atoms with Crippen LogP contribution in [0.15, 0.2) is 24.3 Å². The average molecular weight is 272 g/mol. The second-order valence-corrected chi connectivity index (χ2v) is 8.44. The summed E-state index contributed by atoms with van der Waals surface area (Å²) < 4.78 is 0. The predicted octanol–water partition coefficient (Wildman–Crippen LogP) is 5.85. The highest BCUT2D eigenvalue weighted by Crippen LogP contribution is 2.62. The minimum atomic E-state index is 0.565. The molecule has 0 aromatic heterocycles. The van der Waals surface area contributed by atoms with Crippen LogP contribution in [0.3, 0.4) is 0 Å². The molecule has 3 rings (SSSR count). The Labute approximate surface area is 125 Å². The van der Waals surface area contributed by atoms with E-state index in [1.54, 1.807) is 5.57 Å². The van der Waals surface area contributed by atoms with Crippen LogP contribution in [-0.2, 0) is 0 Å². The van der Waals surface area contributed by atoms with Crippen molar-refractivity contribution < 1.29 is 0 Å². The fourth-order valence-electron chi connectivity index (χ4n) is 6.06. The van der Waals surface area contributed by atoms with Gasteiger partial charge in [0.1, 0.15) is 0 Å². The SMILES string of the molecule is C=C[C@H]1CC[C@H]2[C@@H]1CC(C)=C[C@H]1[C@H](C(C)C)CC[C@@]12C. The van der Waals surface area contributed by atoms with Gasteiger partial charge in [0.05, 0.1) is 0 Å². The molecule has 0 bridgehead atoms. The Kier molecular flexibility index (Phi) is 3.63. The second kappa shape index (κ2) is 5.04. The summed E-state index contributed by atoms with van der Waals surface area (Å²) in [5, 5.41) is 0. The van der Waals surface area contributed by atoms with E-state index in [9.17, 15) is 0 Å². The third-order valence-corrected chi connectivity index (χ3v) is 7.14. The number of hydrogen-bond acceptors (Lipinski definition) is 0. The smallest absolute Gasteiger partial charge is 0.0143 e. The van der Waals surface area contributed by atoms with Gasteiger partial charge in [0.25, 0.3) is 0 Å². The van der Waals surface area contributed by atoms with E-state index in [0.717, 1.165) is 35.5 Å². The van der Waals surface area contributed by atoms with Crippen molar-refractivity contribution in [3.63, 3.8) is 0 Å². The van der Waals surface area contributed by atoms with Gasteiger partial charge in [-0.25, -0.2) is 0 Å². The van der Waals surface area contributed by atoms with Gasteiger partial charge in [-0.3, -0.25) is 0 Å². The first-order valence-corrected chi connectivity index (χ1v) is 8.77. The molecule has 0 N–H and O–H groups in total. The molecule has 0 nitrogen and oxygen atoms in total. The standard InChI is InChI=1S/C20H32/c1-6-15-7-8-18-17(15)11-14(4)12-19-16(13(2)3)9-10-20(18,19)5/h6,12-13,15-19H,1,7-11H2,2-5H3/t15-,16-,17+,18-,19-,20+/m0/s1. The van der Waals surface area contributed by atoms with Gasteiger partial charge in [0.15, 0.2) is 0 Å². The molecule has 20 heavy (non-hydrogen) atoms. The zero-order chi connectivity index (χ0) is 14.5. The van der Waals surface area contributed by atoms with Crippen molar-refractivity contribution in [2.75, 3.05) is 0 Å². The molecule has 2 fully saturated rings. The topological polar surface area (TPSA) is 0 Å². The highest BCUT2D eigenvalue weighted by molar-refractivity contribution is 5.18. The van der Waals surface area contributed by atoms with Crippen molar-refractivity contribution >= 4 is 0 Å². The molecule has 3 aliphatic rings. The lowest BCUT2D eigenvalue weighted by atomic mass is 9.64. The maximum absolute atomic E-state index is 4.12. The highest BCUT2D eigenvalue weighted by atomic mass is 14.6. The Bertz CT molecular complexity index is 416. The summed E-state index contributed by atoms with van der Waals surface area (Å²) in [4.78, 5) is 0. The Morgan fingerprint density at radius 1 is 1.30 bits per heavy atom. The monoisotopic (exact) mass is 272 g/mol. The van der Waals surface area contributed by atoms with Gasteiger partial charge < -0.3 is 0 Å². The zero-order valence-corrected chi connectivity index (χ0v) is 13.9. The lowest BCUT2D eigenvalue weighted by Gasteiger charge is -2.40. The number of hydrogen-bond donors (Lipinski definition) is 0. The van der Waals surface area contributed by atoms with Crippen LogP contribution >= 0.6 is 0 Å². The molecule has 3 aliphatic carbocycles. The van der Waals surface area contributed by atoms with E-state index < -0.39 is 0 Å². The molecule has 0 radical (unpaired) electrons. The average Bonchev–Trinajstić information content (AvgIpc) is 2.90. The van der Waals surface area contributed by atoms with Crippen molar-refractivity contribution in [1.82, 2.24) is 0 Å². The lowest BCUT2D eigenvalue weighted by molar-refractivity contribution is 0.0945. The Morgan fingerprint density at radius 3 is 2.70 bits per heavy atom. The van der Waals surface area contributed by atoms with Gasteiger partial charge in [-0.05, 0) is 80.0 Å². The number of allylic oxidation sites excluding steroid dienone is 3. The minimum Gasteiger partial charge on any atom is -0.103 e. The summed E-state index contributed by atoms with van der Waals surface area (Å²) in [6.07, 6.45) is 12.0. The van der Waals surface area contributed by atoms with E-state index in [4.69, 9.17) is 0 Å². The Balaban J connectivity index is 1.98. The molecule has 0 spiro atoms. The predicted molar refractivity (Wildman–Crippen MR) is 87.4 cm³/mol. The molecule has 0 aromatic carbocycles. The summed E-state index contributed by atoms with van der Waals surface area (Å²) in [6, 6.07) is 0. The highest BCUT2D eigenvalue weighted by Gasteiger charge is 2.54. The van der Waals surface area contributed by atoms with Crippen LogP contribution < -0.4 is 0 Å². The van der Waals surface area contributed by atoms with Crippen LogP contribution in [0.5, 0.6) is 0 Å². The molecule has 0 saturated heterocycles. The van der Waals surface area contributed by atoms with E-state index in [0.29, 0.717) is 5.41 Å². The molecule has 0 aromatic rings. The first-order chi connectivity index (χ1) is 9.47. The van der Waals surface area contributed by atoms with E-state index in [1.807, 2.05) is 0 Å². The summed E-state index contributed by atoms with van der Waals surface area (Å²) in [7, 11) is 0. The fraction of sp³-hybridized carbons (Fsp3) is 0.800. The van der Waals surface area contributed by atoms with E-state index >= 15 is 0 Å². The maximum Gasteiger partial charge on any atom is -0.0143 e. The van der Waals surface area contributed by atoms with Gasteiger partial charge in [-0.15, -0.1) is 6.58 Å². The number of fused-ring (bicyclic) bond motifs is 3. The zero-order valence-electron chi connectivity index (χ0n) is 13.9. The normalized spacial score (nSPS) is 47.6. The Hall–Kier alpha value is -0.520. The van der Waals surface area contributed by atoms with Crippen LogP contribution in [0, 0.1) is 40.9 Å². The third kappa shape index (κ3) is 2.02. The molecule has 0 heterocycles. The van der Waals surface area contributed by atoms with Gasteiger partial charge >= 0.3 is 0 Å². The van der Waals surface area contributed by atoms with Crippen LogP contribution in [0.4, 0.5) is 0 Å². The van der Waals surface area contributed by atoms with Crippen molar-refractivity contribution in [1.29, 1.82) is 0 Å². The minimum absolute atomic E-state index is 0.565. The quantitative estimate of drug-likeness (QED) is 0.553.